The van der Waals surface area contributed by atoms with Crippen LogP contribution in [0.2, 0.25) is 0 Å². The van der Waals surface area contributed by atoms with Crippen LogP contribution in [0, 0.1) is 28.6 Å². The van der Waals surface area contributed by atoms with Crippen LogP contribution in [0.3, 0.4) is 0 Å². The molecule has 0 aliphatic rings. The molecule has 0 radical (unpaired) electrons. The maximum absolute atomic E-state index is 10.4. The van der Waals surface area contributed by atoms with Crippen molar-refractivity contribution < 1.29 is 15.0 Å². The summed E-state index contributed by atoms with van der Waals surface area (Å²) in [6.07, 6.45) is 0.658. The number of aliphatic carboxylic acids is 1. The minimum absolute atomic E-state index is 0.242. The average Bonchev–Trinajstić information content (AvgIpc) is 2.13. The van der Waals surface area contributed by atoms with Gasteiger partial charge in [0.15, 0.2) is 5.92 Å². The topological polar surface area (TPSA) is 105 Å². The number of carboxylic acid groups (broad SMARTS) is 1. The Kier molecular flexibility index (Phi) is 6.09. The van der Waals surface area contributed by atoms with Crippen molar-refractivity contribution in [2.75, 3.05) is 0 Å². The molecule has 0 aliphatic heterocycles. The maximum Gasteiger partial charge on any atom is 0.323 e. The lowest BCUT2D eigenvalue weighted by molar-refractivity contribution is -0.143. The van der Waals surface area contributed by atoms with E-state index in [1.54, 1.807) is 0 Å². The summed E-state index contributed by atoms with van der Waals surface area (Å²) in [6.45, 7) is 0. The van der Waals surface area contributed by atoms with Crippen LogP contribution < -0.4 is 0 Å². The quantitative estimate of drug-likeness (QED) is 0.607. The first-order valence-electron chi connectivity index (χ1n) is 4.31. The van der Waals surface area contributed by atoms with E-state index in [2.05, 4.69) is 0 Å². The molecule has 14 heavy (non-hydrogen) atoms. The number of hydrogen-bond acceptors (Lipinski definition) is 4. The Bertz CT molecular complexity index is 264. The molecule has 0 saturated carbocycles. The molecule has 2 atom stereocenters. The zero-order valence-corrected chi connectivity index (χ0v) is 7.68. The first kappa shape index (κ1) is 12.4. The van der Waals surface area contributed by atoms with Gasteiger partial charge in [0, 0.05) is 6.42 Å². The van der Waals surface area contributed by atoms with Crippen LogP contribution in [0.5, 0.6) is 0 Å². The van der Waals surface area contributed by atoms with Crippen molar-refractivity contribution in [1.82, 2.24) is 0 Å². The molecule has 76 valence electrons. The summed E-state index contributed by atoms with van der Waals surface area (Å²) in [7, 11) is 0. The summed E-state index contributed by atoms with van der Waals surface area (Å²) in [6, 6.07) is 3.47. The molecular weight excluding hydrogens is 184 g/mol. The monoisotopic (exact) mass is 196 g/mol. The minimum atomic E-state index is -1.36. The fraction of sp³-hybridized carbons (Fsp3) is 0.667. The summed E-state index contributed by atoms with van der Waals surface area (Å²) in [5.41, 5.74) is 0. The molecular formula is C9H12N2O3. The van der Waals surface area contributed by atoms with Crippen molar-refractivity contribution in [3.8, 4) is 12.1 Å². The van der Waals surface area contributed by atoms with E-state index in [4.69, 9.17) is 15.6 Å². The molecule has 2 N–H and O–H groups in total. The van der Waals surface area contributed by atoms with E-state index < -0.39 is 18.0 Å². The van der Waals surface area contributed by atoms with Gasteiger partial charge in [-0.25, -0.2) is 0 Å². The van der Waals surface area contributed by atoms with Crippen molar-refractivity contribution >= 4 is 5.97 Å². The average molecular weight is 196 g/mol. The van der Waals surface area contributed by atoms with Crippen LogP contribution in [-0.4, -0.2) is 22.3 Å². The lowest BCUT2D eigenvalue weighted by atomic mass is 9.99. The van der Waals surface area contributed by atoms with Gasteiger partial charge in [0.05, 0.1) is 18.2 Å². The van der Waals surface area contributed by atoms with E-state index in [1.165, 1.54) is 6.07 Å². The molecule has 5 heteroatoms. The number of aliphatic hydroxyl groups is 1. The highest BCUT2D eigenvalue weighted by molar-refractivity contribution is 5.73. The Hall–Kier alpha value is -1.59. The van der Waals surface area contributed by atoms with E-state index >= 15 is 0 Å². The number of nitrogens with zero attached hydrogens (tertiary/aromatic N) is 2. The van der Waals surface area contributed by atoms with Crippen LogP contribution >= 0.6 is 0 Å². The zero-order chi connectivity index (χ0) is 11.0. The molecule has 0 aromatic rings. The van der Waals surface area contributed by atoms with Gasteiger partial charge in [0.2, 0.25) is 0 Å². The zero-order valence-electron chi connectivity index (χ0n) is 7.68. The molecule has 0 rings (SSSR count). The first-order chi connectivity index (χ1) is 6.63. The lowest BCUT2D eigenvalue weighted by Crippen LogP contribution is -2.26. The second-order valence-electron chi connectivity index (χ2n) is 2.92. The van der Waals surface area contributed by atoms with E-state index in [1.807, 2.05) is 6.07 Å². The SMILES string of the molecule is N#CCCCCC(O)C(C#N)C(=O)O. The van der Waals surface area contributed by atoms with Crippen LogP contribution in [0.25, 0.3) is 0 Å². The lowest BCUT2D eigenvalue weighted by Gasteiger charge is -2.11. The molecule has 2 unspecified atom stereocenters. The predicted molar refractivity (Wildman–Crippen MR) is 46.8 cm³/mol. The van der Waals surface area contributed by atoms with Crippen LogP contribution in [0.4, 0.5) is 0 Å². The van der Waals surface area contributed by atoms with Gasteiger partial charge in [-0.3, -0.25) is 4.79 Å². The van der Waals surface area contributed by atoms with Gasteiger partial charge >= 0.3 is 5.97 Å². The number of hydrogen-bond donors (Lipinski definition) is 2. The Morgan fingerprint density at radius 1 is 1.36 bits per heavy atom. The molecule has 0 saturated heterocycles. The molecule has 0 amide bonds. The van der Waals surface area contributed by atoms with E-state index in [0.29, 0.717) is 19.3 Å². The minimum Gasteiger partial charge on any atom is -0.480 e. The highest BCUT2D eigenvalue weighted by atomic mass is 16.4. The maximum atomic E-state index is 10.4. The van der Waals surface area contributed by atoms with Gasteiger partial charge < -0.3 is 10.2 Å². The third-order valence-electron chi connectivity index (χ3n) is 1.83. The predicted octanol–water partition coefficient (Wildman–Crippen LogP) is 0.656. The first-order valence-corrected chi connectivity index (χ1v) is 4.31. The second-order valence-corrected chi connectivity index (χ2v) is 2.92. The number of nitriles is 2. The Morgan fingerprint density at radius 2 is 2.00 bits per heavy atom. The van der Waals surface area contributed by atoms with Crippen molar-refractivity contribution in [2.45, 2.75) is 31.8 Å². The molecule has 0 heterocycles. The summed E-state index contributed by atoms with van der Waals surface area (Å²) < 4.78 is 0. The number of carbonyl (C=O) groups is 1. The summed E-state index contributed by atoms with van der Waals surface area (Å²) >= 11 is 0. The number of rotatable bonds is 6. The molecule has 0 aromatic carbocycles. The number of carboxylic acids is 1. The van der Waals surface area contributed by atoms with Gasteiger partial charge in [-0.2, -0.15) is 10.5 Å². The third-order valence-corrected chi connectivity index (χ3v) is 1.83. The second kappa shape index (κ2) is 6.88. The van der Waals surface area contributed by atoms with Crippen molar-refractivity contribution in [3.05, 3.63) is 0 Å². The van der Waals surface area contributed by atoms with Gasteiger partial charge in [-0.1, -0.05) is 0 Å². The normalized spacial score (nSPS) is 13.6. The Balaban J connectivity index is 3.84. The summed E-state index contributed by atoms with van der Waals surface area (Å²) in [5, 5.41) is 34.4. The summed E-state index contributed by atoms with van der Waals surface area (Å²) in [4.78, 5) is 10.4. The van der Waals surface area contributed by atoms with Crippen LogP contribution in [0.1, 0.15) is 25.7 Å². The van der Waals surface area contributed by atoms with Gasteiger partial charge in [-0.15, -0.1) is 0 Å². The van der Waals surface area contributed by atoms with Gasteiger partial charge in [0.25, 0.3) is 0 Å². The molecule has 5 nitrogen and oxygen atoms in total. The van der Waals surface area contributed by atoms with Crippen molar-refractivity contribution in [1.29, 1.82) is 10.5 Å². The van der Waals surface area contributed by atoms with Crippen molar-refractivity contribution in [2.24, 2.45) is 5.92 Å². The van der Waals surface area contributed by atoms with Crippen molar-refractivity contribution in [3.63, 3.8) is 0 Å². The Morgan fingerprint density at radius 3 is 2.43 bits per heavy atom. The molecule has 0 bridgehead atoms. The van der Waals surface area contributed by atoms with E-state index in [9.17, 15) is 9.90 Å². The molecule has 0 fully saturated rings. The smallest absolute Gasteiger partial charge is 0.323 e. The summed E-state index contributed by atoms with van der Waals surface area (Å²) in [5.74, 6) is -2.67. The Labute approximate surface area is 82.2 Å². The molecule has 0 aliphatic carbocycles. The third kappa shape index (κ3) is 4.44. The largest absolute Gasteiger partial charge is 0.480 e. The fourth-order valence-electron chi connectivity index (χ4n) is 1.03. The standard InChI is InChI=1S/C9H12N2O3/c10-5-3-1-2-4-8(12)7(6-11)9(13)14/h7-8,12H,1-4H2,(H,13,14). The molecule has 0 aromatic heterocycles. The van der Waals surface area contributed by atoms with Crippen LogP contribution in [-0.2, 0) is 4.79 Å². The molecule has 0 spiro atoms. The van der Waals surface area contributed by atoms with E-state index in [-0.39, 0.29) is 6.42 Å². The number of unbranched alkanes of at least 4 members (excludes halogenated alkanes) is 2. The van der Waals surface area contributed by atoms with Crippen LogP contribution in [0.15, 0.2) is 0 Å². The number of aliphatic hydroxyl groups excluding tert-OH is 1. The van der Waals surface area contributed by atoms with E-state index in [0.717, 1.165) is 0 Å². The van der Waals surface area contributed by atoms with Gasteiger partial charge in [0.1, 0.15) is 0 Å². The highest BCUT2D eigenvalue weighted by Crippen LogP contribution is 2.11. The van der Waals surface area contributed by atoms with Gasteiger partial charge in [-0.05, 0) is 19.3 Å². The fourth-order valence-corrected chi connectivity index (χ4v) is 1.03. The highest BCUT2D eigenvalue weighted by Gasteiger charge is 2.25.